The molecule has 1 amide bonds. The lowest BCUT2D eigenvalue weighted by Gasteiger charge is -2.22. The zero-order chi connectivity index (χ0) is 13.4. The van der Waals surface area contributed by atoms with Crippen LogP contribution in [0, 0.1) is 0 Å². The van der Waals surface area contributed by atoms with Crippen LogP contribution in [0.2, 0.25) is 0 Å². The summed E-state index contributed by atoms with van der Waals surface area (Å²) in [5.41, 5.74) is 5.37. The van der Waals surface area contributed by atoms with Gasteiger partial charge in [-0.05, 0) is 32.6 Å². The van der Waals surface area contributed by atoms with Gasteiger partial charge in [-0.25, -0.2) is 0 Å². The molecule has 6 heteroatoms. The third-order valence-electron chi connectivity index (χ3n) is 3.02. The van der Waals surface area contributed by atoms with Gasteiger partial charge in [0, 0.05) is 25.5 Å². The molecule has 2 atom stereocenters. The molecule has 2 unspecified atom stereocenters. The molecule has 1 rings (SSSR count). The highest BCUT2D eigenvalue weighted by Gasteiger charge is 2.16. The number of carbonyl (C=O) groups is 1. The standard InChI is InChI=1S/C12H23N3O3/c1-9(8-11(13)15-17)14-12(16)6-5-10-4-2-3-7-18-10/h9-10,17H,2-8H2,1H3,(H2,13,15)(H,14,16). The van der Waals surface area contributed by atoms with Crippen LogP contribution in [0.25, 0.3) is 0 Å². The van der Waals surface area contributed by atoms with Crippen LogP contribution >= 0.6 is 0 Å². The number of oxime groups is 1. The molecule has 0 aromatic rings. The maximum Gasteiger partial charge on any atom is 0.220 e. The van der Waals surface area contributed by atoms with E-state index in [4.69, 9.17) is 15.7 Å². The highest BCUT2D eigenvalue weighted by molar-refractivity contribution is 5.81. The number of nitrogens with two attached hydrogens (primary N) is 1. The fourth-order valence-electron chi connectivity index (χ4n) is 2.08. The van der Waals surface area contributed by atoms with Crippen molar-refractivity contribution in [1.82, 2.24) is 5.32 Å². The van der Waals surface area contributed by atoms with Crippen molar-refractivity contribution in [3.63, 3.8) is 0 Å². The van der Waals surface area contributed by atoms with Gasteiger partial charge in [-0.2, -0.15) is 0 Å². The minimum Gasteiger partial charge on any atom is -0.409 e. The summed E-state index contributed by atoms with van der Waals surface area (Å²) in [7, 11) is 0. The first-order valence-corrected chi connectivity index (χ1v) is 6.49. The second-order valence-corrected chi connectivity index (χ2v) is 4.79. The van der Waals surface area contributed by atoms with Gasteiger partial charge in [0.2, 0.25) is 5.91 Å². The molecule has 1 aliphatic rings. The lowest BCUT2D eigenvalue weighted by Crippen LogP contribution is -2.36. The van der Waals surface area contributed by atoms with E-state index in [1.807, 2.05) is 6.92 Å². The maximum atomic E-state index is 11.7. The van der Waals surface area contributed by atoms with Crippen molar-refractivity contribution in [3.8, 4) is 0 Å². The highest BCUT2D eigenvalue weighted by Crippen LogP contribution is 2.16. The van der Waals surface area contributed by atoms with Gasteiger partial charge in [-0.3, -0.25) is 4.79 Å². The Kier molecular flexibility index (Phi) is 6.49. The molecule has 0 aromatic carbocycles. The number of rotatable bonds is 6. The van der Waals surface area contributed by atoms with Crippen molar-refractivity contribution in [3.05, 3.63) is 0 Å². The van der Waals surface area contributed by atoms with Crippen LogP contribution in [0.4, 0.5) is 0 Å². The topological polar surface area (TPSA) is 96.9 Å². The van der Waals surface area contributed by atoms with Gasteiger partial charge >= 0.3 is 0 Å². The fourth-order valence-corrected chi connectivity index (χ4v) is 2.08. The zero-order valence-electron chi connectivity index (χ0n) is 10.9. The minimum absolute atomic E-state index is 0.0117. The second-order valence-electron chi connectivity index (χ2n) is 4.79. The predicted octanol–water partition coefficient (Wildman–Crippen LogP) is 0.977. The lowest BCUT2D eigenvalue weighted by molar-refractivity contribution is -0.122. The molecule has 18 heavy (non-hydrogen) atoms. The summed E-state index contributed by atoms with van der Waals surface area (Å²) >= 11 is 0. The van der Waals surface area contributed by atoms with E-state index in [1.54, 1.807) is 0 Å². The van der Waals surface area contributed by atoms with Crippen molar-refractivity contribution >= 4 is 11.7 Å². The molecule has 0 saturated carbocycles. The molecule has 0 radical (unpaired) electrons. The monoisotopic (exact) mass is 257 g/mol. The number of hydrogen-bond donors (Lipinski definition) is 3. The summed E-state index contributed by atoms with van der Waals surface area (Å²) in [5, 5.41) is 14.1. The van der Waals surface area contributed by atoms with Crippen molar-refractivity contribution < 1.29 is 14.7 Å². The lowest BCUT2D eigenvalue weighted by atomic mass is 10.0. The van der Waals surface area contributed by atoms with Gasteiger partial charge in [-0.15, -0.1) is 0 Å². The summed E-state index contributed by atoms with van der Waals surface area (Å²) in [5.74, 6) is 0.112. The second kappa shape index (κ2) is 7.92. The number of amidine groups is 1. The summed E-state index contributed by atoms with van der Waals surface area (Å²) in [6, 6.07) is -0.124. The third kappa shape index (κ3) is 5.86. The van der Waals surface area contributed by atoms with Crippen LogP contribution in [0.3, 0.4) is 0 Å². The summed E-state index contributed by atoms with van der Waals surface area (Å²) in [6.07, 6.45) is 5.16. The number of carbonyl (C=O) groups excluding carboxylic acids is 1. The molecule has 4 N–H and O–H groups in total. The van der Waals surface area contributed by atoms with Gasteiger partial charge in [0.05, 0.1) is 6.10 Å². The molecule has 0 spiro atoms. The van der Waals surface area contributed by atoms with E-state index in [0.717, 1.165) is 25.9 Å². The Balaban J connectivity index is 2.16. The molecule has 0 aliphatic carbocycles. The molecular weight excluding hydrogens is 234 g/mol. The van der Waals surface area contributed by atoms with E-state index < -0.39 is 0 Å². The van der Waals surface area contributed by atoms with Crippen molar-refractivity contribution in [1.29, 1.82) is 0 Å². The van der Waals surface area contributed by atoms with E-state index in [0.29, 0.717) is 12.8 Å². The largest absolute Gasteiger partial charge is 0.409 e. The van der Waals surface area contributed by atoms with Gasteiger partial charge in [0.25, 0.3) is 0 Å². The first-order chi connectivity index (χ1) is 8.61. The molecule has 1 heterocycles. The van der Waals surface area contributed by atoms with Crippen LogP contribution < -0.4 is 11.1 Å². The quantitative estimate of drug-likeness (QED) is 0.286. The Bertz CT molecular complexity index is 288. The molecule has 6 nitrogen and oxygen atoms in total. The molecule has 1 saturated heterocycles. The SMILES string of the molecule is CC(CC(N)=NO)NC(=O)CCC1CCCCO1. The molecule has 0 aromatic heterocycles. The summed E-state index contributed by atoms with van der Waals surface area (Å²) < 4.78 is 5.56. The van der Waals surface area contributed by atoms with Crippen molar-refractivity contribution in [2.45, 2.75) is 57.6 Å². The number of nitrogens with zero attached hydrogens (tertiary/aromatic N) is 1. The first-order valence-electron chi connectivity index (χ1n) is 6.49. The van der Waals surface area contributed by atoms with Gasteiger partial charge in [-0.1, -0.05) is 5.16 Å². The summed E-state index contributed by atoms with van der Waals surface area (Å²) in [4.78, 5) is 11.7. The van der Waals surface area contributed by atoms with E-state index >= 15 is 0 Å². The average molecular weight is 257 g/mol. The zero-order valence-corrected chi connectivity index (χ0v) is 10.9. The highest BCUT2D eigenvalue weighted by atomic mass is 16.5. The van der Waals surface area contributed by atoms with E-state index in [1.165, 1.54) is 6.42 Å². The molecule has 104 valence electrons. The molecule has 1 aliphatic heterocycles. The van der Waals surface area contributed by atoms with Crippen LogP contribution in [0.1, 0.15) is 45.4 Å². The number of hydrogen-bond acceptors (Lipinski definition) is 4. The number of amides is 1. The van der Waals surface area contributed by atoms with Gasteiger partial charge in [0.1, 0.15) is 5.84 Å². The average Bonchev–Trinajstić information content (AvgIpc) is 2.37. The molecule has 1 fully saturated rings. The van der Waals surface area contributed by atoms with Crippen LogP contribution in [-0.2, 0) is 9.53 Å². The molecular formula is C12H23N3O3. The van der Waals surface area contributed by atoms with E-state index in [2.05, 4.69) is 10.5 Å². The van der Waals surface area contributed by atoms with Crippen LogP contribution in [-0.4, -0.2) is 35.7 Å². The Labute approximate surface area is 108 Å². The Morgan fingerprint density at radius 3 is 3.00 bits per heavy atom. The Morgan fingerprint density at radius 1 is 1.61 bits per heavy atom. The van der Waals surface area contributed by atoms with E-state index in [-0.39, 0.29) is 23.9 Å². The summed E-state index contributed by atoms with van der Waals surface area (Å²) in [6.45, 7) is 2.64. The Hall–Kier alpha value is -1.30. The first kappa shape index (κ1) is 14.8. The minimum atomic E-state index is -0.124. The predicted molar refractivity (Wildman–Crippen MR) is 68.5 cm³/mol. The Morgan fingerprint density at radius 2 is 2.39 bits per heavy atom. The van der Waals surface area contributed by atoms with Crippen molar-refractivity contribution in [2.75, 3.05) is 6.61 Å². The maximum absolute atomic E-state index is 11.7. The van der Waals surface area contributed by atoms with Crippen molar-refractivity contribution in [2.24, 2.45) is 10.9 Å². The van der Waals surface area contributed by atoms with E-state index in [9.17, 15) is 4.79 Å². The number of nitrogens with one attached hydrogen (secondary N) is 1. The fraction of sp³-hybridized carbons (Fsp3) is 0.833. The molecule has 0 bridgehead atoms. The van der Waals surface area contributed by atoms with Gasteiger partial charge < -0.3 is 21.0 Å². The van der Waals surface area contributed by atoms with Gasteiger partial charge in [0.15, 0.2) is 0 Å². The van der Waals surface area contributed by atoms with Crippen LogP contribution in [0.15, 0.2) is 5.16 Å². The normalized spacial score (nSPS) is 22.5. The number of ether oxygens (including phenoxy) is 1. The third-order valence-corrected chi connectivity index (χ3v) is 3.02. The smallest absolute Gasteiger partial charge is 0.220 e. The van der Waals surface area contributed by atoms with Crippen LogP contribution in [0.5, 0.6) is 0 Å².